The lowest BCUT2D eigenvalue weighted by molar-refractivity contribution is -0.142. The monoisotopic (exact) mass is 181 g/mol. The smallest absolute Gasteiger partial charge is 0.326 e. The van der Waals surface area contributed by atoms with Gasteiger partial charge in [0.05, 0.1) is 0 Å². The number of hydrogen-bond acceptors (Lipinski definition) is 2. The van der Waals surface area contributed by atoms with Gasteiger partial charge in [0, 0.05) is 13.3 Å². The second-order valence-electron chi connectivity index (χ2n) is 2.22. The average Bonchev–Trinajstić information content (AvgIpc) is 1.83. The summed E-state index contributed by atoms with van der Waals surface area (Å²) in [5, 5.41) is 10.2. The molecule has 70 valence electrons. The van der Waals surface area contributed by atoms with Crippen LogP contribution in [-0.2, 0) is 9.59 Å². The van der Waals surface area contributed by atoms with Crippen molar-refractivity contribution in [3.63, 3.8) is 0 Å². The molecule has 1 amide bonds. The van der Waals surface area contributed by atoms with E-state index in [0.717, 1.165) is 6.92 Å². The molecule has 0 saturated heterocycles. The summed E-state index contributed by atoms with van der Waals surface area (Å²) in [7, 11) is 0. The van der Waals surface area contributed by atoms with Gasteiger partial charge in [0.15, 0.2) is 0 Å². The SMILES string of the molecule is CC(=O)N[C@@H](CC(F)F)C(=O)O. The maximum absolute atomic E-state index is 11.7. The van der Waals surface area contributed by atoms with Crippen molar-refractivity contribution in [3.05, 3.63) is 0 Å². The summed E-state index contributed by atoms with van der Waals surface area (Å²) in [6, 6.07) is -1.50. The van der Waals surface area contributed by atoms with E-state index in [1.165, 1.54) is 0 Å². The van der Waals surface area contributed by atoms with Gasteiger partial charge in [-0.25, -0.2) is 13.6 Å². The third kappa shape index (κ3) is 4.59. The van der Waals surface area contributed by atoms with E-state index < -0.39 is 30.8 Å². The van der Waals surface area contributed by atoms with Gasteiger partial charge in [-0.2, -0.15) is 0 Å². The molecule has 0 aromatic carbocycles. The highest BCUT2D eigenvalue weighted by atomic mass is 19.3. The van der Waals surface area contributed by atoms with Crippen LogP contribution in [0.4, 0.5) is 8.78 Å². The fraction of sp³-hybridized carbons (Fsp3) is 0.667. The third-order valence-electron chi connectivity index (χ3n) is 1.09. The first-order valence-electron chi connectivity index (χ1n) is 3.21. The molecule has 0 bridgehead atoms. The topological polar surface area (TPSA) is 66.4 Å². The van der Waals surface area contributed by atoms with E-state index in [9.17, 15) is 18.4 Å². The molecule has 1 atom stereocenters. The van der Waals surface area contributed by atoms with Crippen LogP contribution in [0, 0.1) is 0 Å². The Morgan fingerprint density at radius 1 is 1.50 bits per heavy atom. The number of aliphatic carboxylic acids is 1. The summed E-state index contributed by atoms with van der Waals surface area (Å²) in [5.41, 5.74) is 0. The van der Waals surface area contributed by atoms with E-state index in [2.05, 4.69) is 0 Å². The average molecular weight is 181 g/mol. The zero-order valence-electron chi connectivity index (χ0n) is 6.38. The highest BCUT2D eigenvalue weighted by molar-refractivity contribution is 5.81. The van der Waals surface area contributed by atoms with Crippen LogP contribution in [0.15, 0.2) is 0 Å². The van der Waals surface area contributed by atoms with Gasteiger partial charge in [-0.05, 0) is 0 Å². The maximum Gasteiger partial charge on any atom is 0.326 e. The van der Waals surface area contributed by atoms with E-state index in [1.54, 1.807) is 0 Å². The van der Waals surface area contributed by atoms with E-state index in [0.29, 0.717) is 0 Å². The molecule has 12 heavy (non-hydrogen) atoms. The Balaban J connectivity index is 4.04. The zero-order chi connectivity index (χ0) is 9.72. The number of halogens is 2. The number of alkyl halides is 2. The fourth-order valence-electron chi connectivity index (χ4n) is 0.645. The number of carboxylic acids is 1. The molecular formula is C6H9F2NO3. The van der Waals surface area contributed by atoms with Crippen LogP contribution in [0.3, 0.4) is 0 Å². The molecule has 0 aromatic heterocycles. The summed E-state index contributed by atoms with van der Waals surface area (Å²) < 4.78 is 23.4. The van der Waals surface area contributed by atoms with Gasteiger partial charge in [0.1, 0.15) is 6.04 Å². The van der Waals surface area contributed by atoms with Crippen molar-refractivity contribution in [1.29, 1.82) is 0 Å². The second-order valence-corrected chi connectivity index (χ2v) is 2.22. The number of hydrogen-bond donors (Lipinski definition) is 2. The largest absolute Gasteiger partial charge is 0.480 e. The van der Waals surface area contributed by atoms with Crippen molar-refractivity contribution in [3.8, 4) is 0 Å². The van der Waals surface area contributed by atoms with Crippen molar-refractivity contribution in [1.82, 2.24) is 5.32 Å². The van der Waals surface area contributed by atoms with Gasteiger partial charge >= 0.3 is 5.97 Å². The molecule has 0 saturated carbocycles. The summed E-state index contributed by atoms with van der Waals surface area (Å²) in [4.78, 5) is 20.5. The van der Waals surface area contributed by atoms with Crippen LogP contribution in [0.1, 0.15) is 13.3 Å². The molecule has 0 aromatic rings. The first kappa shape index (κ1) is 10.8. The molecule has 4 nitrogen and oxygen atoms in total. The van der Waals surface area contributed by atoms with Crippen LogP contribution in [0.2, 0.25) is 0 Å². The lowest BCUT2D eigenvalue weighted by atomic mass is 10.2. The normalized spacial score (nSPS) is 12.7. The summed E-state index contributed by atoms with van der Waals surface area (Å²) in [6.07, 6.45) is -3.60. The Hall–Kier alpha value is -1.20. The predicted octanol–water partition coefficient (Wildman–Crippen LogP) is 0.231. The van der Waals surface area contributed by atoms with Crippen molar-refractivity contribution >= 4 is 11.9 Å². The van der Waals surface area contributed by atoms with Crippen LogP contribution >= 0.6 is 0 Å². The van der Waals surface area contributed by atoms with Gasteiger partial charge in [-0.3, -0.25) is 4.79 Å². The Bertz CT molecular complexity index is 184. The summed E-state index contributed by atoms with van der Waals surface area (Å²) >= 11 is 0. The molecule has 0 heterocycles. The minimum atomic E-state index is -2.74. The number of nitrogens with one attached hydrogen (secondary N) is 1. The number of rotatable bonds is 4. The maximum atomic E-state index is 11.7. The molecule has 0 fully saturated rings. The lowest BCUT2D eigenvalue weighted by Gasteiger charge is -2.11. The quantitative estimate of drug-likeness (QED) is 0.652. The first-order valence-corrected chi connectivity index (χ1v) is 3.21. The van der Waals surface area contributed by atoms with Crippen LogP contribution < -0.4 is 5.32 Å². The van der Waals surface area contributed by atoms with Gasteiger partial charge in [0.2, 0.25) is 12.3 Å². The van der Waals surface area contributed by atoms with Crippen molar-refractivity contribution in [2.24, 2.45) is 0 Å². The highest BCUT2D eigenvalue weighted by Gasteiger charge is 2.22. The molecule has 0 spiro atoms. The predicted molar refractivity (Wildman–Crippen MR) is 35.9 cm³/mol. The third-order valence-corrected chi connectivity index (χ3v) is 1.09. The van der Waals surface area contributed by atoms with E-state index >= 15 is 0 Å². The summed E-state index contributed by atoms with van der Waals surface area (Å²) in [6.45, 7) is 1.07. The molecule has 2 N–H and O–H groups in total. The second kappa shape index (κ2) is 4.63. The van der Waals surface area contributed by atoms with Crippen LogP contribution in [-0.4, -0.2) is 29.5 Å². The molecule has 0 unspecified atom stereocenters. The Morgan fingerprint density at radius 2 is 2.00 bits per heavy atom. The van der Waals surface area contributed by atoms with Gasteiger partial charge in [-0.1, -0.05) is 0 Å². The molecule has 6 heteroatoms. The molecule has 0 radical (unpaired) electrons. The highest BCUT2D eigenvalue weighted by Crippen LogP contribution is 2.03. The lowest BCUT2D eigenvalue weighted by Crippen LogP contribution is -2.40. The van der Waals surface area contributed by atoms with Gasteiger partial charge in [0.25, 0.3) is 0 Å². The summed E-state index contributed by atoms with van der Waals surface area (Å²) in [5.74, 6) is -2.09. The fourth-order valence-corrected chi connectivity index (χ4v) is 0.645. The van der Waals surface area contributed by atoms with Gasteiger partial charge < -0.3 is 10.4 Å². The number of carbonyl (C=O) groups excluding carboxylic acids is 1. The van der Waals surface area contributed by atoms with Crippen LogP contribution in [0.25, 0.3) is 0 Å². The Kier molecular flexibility index (Phi) is 4.17. The zero-order valence-corrected chi connectivity index (χ0v) is 6.38. The van der Waals surface area contributed by atoms with E-state index in [4.69, 9.17) is 5.11 Å². The van der Waals surface area contributed by atoms with Crippen LogP contribution in [0.5, 0.6) is 0 Å². The molecule has 0 aliphatic carbocycles. The van der Waals surface area contributed by atoms with Gasteiger partial charge in [-0.15, -0.1) is 0 Å². The molecule has 0 aliphatic heterocycles. The van der Waals surface area contributed by atoms with Crippen molar-refractivity contribution in [2.45, 2.75) is 25.8 Å². The van der Waals surface area contributed by atoms with Crippen molar-refractivity contribution in [2.75, 3.05) is 0 Å². The number of carboxylic acid groups (broad SMARTS) is 1. The molecule has 0 aliphatic rings. The Labute approximate surface area is 67.6 Å². The molecular weight excluding hydrogens is 172 g/mol. The number of carbonyl (C=O) groups is 2. The van der Waals surface area contributed by atoms with E-state index in [-0.39, 0.29) is 0 Å². The minimum Gasteiger partial charge on any atom is -0.480 e. The Morgan fingerprint density at radius 3 is 2.25 bits per heavy atom. The number of amides is 1. The minimum absolute atomic E-state index is 0.636. The standard InChI is InChI=1S/C6H9F2NO3/c1-3(10)9-4(6(11)12)2-5(7)8/h4-5H,2H2,1H3,(H,9,10)(H,11,12)/t4-/m0/s1. The van der Waals surface area contributed by atoms with E-state index in [1.807, 2.05) is 5.32 Å². The first-order chi connectivity index (χ1) is 5.43. The molecule has 0 rings (SSSR count). The van der Waals surface area contributed by atoms with Crippen molar-refractivity contribution < 1.29 is 23.5 Å².